The smallest absolute Gasteiger partial charge is 0.282 e. The monoisotopic (exact) mass is 606 g/mol. The molecule has 7 nitrogen and oxygen atoms in total. The number of benzene rings is 3. The van der Waals surface area contributed by atoms with E-state index in [1.165, 1.54) is 11.1 Å². The van der Waals surface area contributed by atoms with E-state index in [1.807, 2.05) is 43.3 Å². The molecule has 5 rings (SSSR count). The molecule has 0 saturated heterocycles. The van der Waals surface area contributed by atoms with Crippen LogP contribution in [0.1, 0.15) is 55.0 Å². The summed E-state index contributed by atoms with van der Waals surface area (Å²) in [5, 5.41) is 8.20. The van der Waals surface area contributed by atoms with E-state index in [0.717, 1.165) is 35.7 Å². The average molecular weight is 608 g/mol. The molecule has 0 unspecified atom stereocenters. The minimum Gasteiger partial charge on any atom is -0.482 e. The van der Waals surface area contributed by atoms with Crippen molar-refractivity contribution in [2.24, 2.45) is 5.10 Å². The average Bonchev–Trinajstić information content (AvgIpc) is 2.94. The van der Waals surface area contributed by atoms with E-state index in [0.29, 0.717) is 38.8 Å². The Labute approximate surface area is 240 Å². The maximum absolute atomic E-state index is 13.5. The molecule has 200 valence electrons. The molecule has 0 spiro atoms. The molecule has 1 aliphatic rings. The largest absolute Gasteiger partial charge is 0.482 e. The molecule has 1 saturated carbocycles. The van der Waals surface area contributed by atoms with Gasteiger partial charge in [-0.3, -0.25) is 9.59 Å². The van der Waals surface area contributed by atoms with Crippen molar-refractivity contribution in [3.05, 3.63) is 97.5 Å². The summed E-state index contributed by atoms with van der Waals surface area (Å²) in [6.07, 6.45) is 6.99. The normalized spacial score (nSPS) is 14.1. The molecular formula is C30H28BrClN4O3. The number of ether oxygens (including phenoxy) is 1. The number of rotatable bonds is 7. The van der Waals surface area contributed by atoms with Crippen molar-refractivity contribution in [3.63, 3.8) is 0 Å². The Morgan fingerprint density at radius 1 is 1.13 bits per heavy atom. The van der Waals surface area contributed by atoms with Crippen molar-refractivity contribution in [1.82, 2.24) is 9.66 Å². The number of fused-ring (bicyclic) bond motifs is 1. The van der Waals surface area contributed by atoms with E-state index in [2.05, 4.69) is 26.3 Å². The van der Waals surface area contributed by atoms with Crippen LogP contribution in [0.25, 0.3) is 10.9 Å². The molecule has 0 atom stereocenters. The molecule has 4 aromatic rings. The lowest BCUT2D eigenvalue weighted by atomic mass is 9.88. The number of carbonyl (C=O) groups is 1. The predicted octanol–water partition coefficient (Wildman–Crippen LogP) is 7.07. The zero-order chi connectivity index (χ0) is 27.4. The van der Waals surface area contributed by atoms with Crippen molar-refractivity contribution in [2.75, 3.05) is 11.9 Å². The van der Waals surface area contributed by atoms with Gasteiger partial charge in [-0.2, -0.15) is 9.78 Å². The van der Waals surface area contributed by atoms with Crippen LogP contribution >= 0.6 is 27.5 Å². The number of carbonyl (C=O) groups excluding carboxylic acids is 1. The van der Waals surface area contributed by atoms with Crippen LogP contribution in [0.15, 0.2) is 75.0 Å². The van der Waals surface area contributed by atoms with Crippen LogP contribution in [0.2, 0.25) is 5.02 Å². The lowest BCUT2D eigenvalue weighted by Crippen LogP contribution is -2.25. The first-order chi connectivity index (χ1) is 18.9. The Balaban J connectivity index is 1.35. The Kier molecular flexibility index (Phi) is 8.43. The SMILES string of the molecule is Cc1ccc(NC(=O)COc2ccc(C=Nn3c(C4CCCCC4)nc4ccc(Br)cc4c3=O)cc2Cl)cc1. The van der Waals surface area contributed by atoms with Gasteiger partial charge >= 0.3 is 0 Å². The van der Waals surface area contributed by atoms with Gasteiger partial charge in [-0.05, 0) is 73.9 Å². The number of nitrogens with zero attached hydrogens (tertiary/aromatic N) is 3. The van der Waals surface area contributed by atoms with Gasteiger partial charge < -0.3 is 10.1 Å². The zero-order valence-electron chi connectivity index (χ0n) is 21.5. The molecule has 1 heterocycles. The summed E-state index contributed by atoms with van der Waals surface area (Å²) in [7, 11) is 0. The van der Waals surface area contributed by atoms with Gasteiger partial charge in [-0.15, -0.1) is 0 Å². The second-order valence-corrected chi connectivity index (χ2v) is 11.0. The number of aromatic nitrogens is 2. The summed E-state index contributed by atoms with van der Waals surface area (Å²) in [5.74, 6) is 0.967. The summed E-state index contributed by atoms with van der Waals surface area (Å²) in [6.45, 7) is 1.80. The van der Waals surface area contributed by atoms with Gasteiger partial charge in [-0.1, -0.05) is 64.5 Å². The maximum atomic E-state index is 13.5. The molecule has 1 fully saturated rings. The highest BCUT2D eigenvalue weighted by Crippen LogP contribution is 2.32. The van der Waals surface area contributed by atoms with Crippen LogP contribution < -0.4 is 15.6 Å². The van der Waals surface area contributed by atoms with Crippen LogP contribution in [0, 0.1) is 6.92 Å². The van der Waals surface area contributed by atoms with E-state index >= 15 is 0 Å². The highest BCUT2D eigenvalue weighted by molar-refractivity contribution is 9.10. The number of hydrogen-bond donors (Lipinski definition) is 1. The molecule has 1 aliphatic carbocycles. The van der Waals surface area contributed by atoms with E-state index < -0.39 is 0 Å². The summed E-state index contributed by atoms with van der Waals surface area (Å²) >= 11 is 9.90. The number of amides is 1. The van der Waals surface area contributed by atoms with Gasteiger partial charge in [0.15, 0.2) is 6.61 Å². The van der Waals surface area contributed by atoms with Gasteiger partial charge in [0, 0.05) is 16.1 Å². The molecule has 1 N–H and O–H groups in total. The van der Waals surface area contributed by atoms with Gasteiger partial charge in [0.05, 0.1) is 22.1 Å². The predicted molar refractivity (Wildman–Crippen MR) is 159 cm³/mol. The molecule has 39 heavy (non-hydrogen) atoms. The number of halogens is 2. The number of aryl methyl sites for hydroxylation is 1. The standard InChI is InChI=1S/C30H28BrClN4O3/c1-19-7-11-23(12-8-19)34-28(37)18-39-27-14-9-20(15-25(27)32)17-33-36-29(21-5-3-2-4-6-21)35-26-13-10-22(31)16-24(26)30(36)38/h7-17,21H,2-6,18H2,1H3,(H,34,37). The van der Waals surface area contributed by atoms with Crippen LogP contribution in [-0.4, -0.2) is 28.4 Å². The first kappa shape index (κ1) is 27.1. The number of anilines is 1. The van der Waals surface area contributed by atoms with Gasteiger partial charge in [0.1, 0.15) is 11.6 Å². The summed E-state index contributed by atoms with van der Waals surface area (Å²) in [5.41, 5.74) is 2.96. The second kappa shape index (κ2) is 12.1. The lowest BCUT2D eigenvalue weighted by Gasteiger charge is -2.22. The Bertz CT molecular complexity index is 1590. The molecule has 1 aromatic heterocycles. The van der Waals surface area contributed by atoms with Crippen LogP contribution in [0.3, 0.4) is 0 Å². The topological polar surface area (TPSA) is 85.6 Å². The van der Waals surface area contributed by atoms with Crippen LogP contribution in [0.5, 0.6) is 5.75 Å². The van der Waals surface area contributed by atoms with Crippen molar-refractivity contribution in [3.8, 4) is 5.75 Å². The van der Waals surface area contributed by atoms with E-state index in [4.69, 9.17) is 21.3 Å². The van der Waals surface area contributed by atoms with Crippen molar-refractivity contribution in [1.29, 1.82) is 0 Å². The molecule has 1 amide bonds. The lowest BCUT2D eigenvalue weighted by molar-refractivity contribution is -0.118. The Hall–Kier alpha value is -3.49. The number of hydrogen-bond acceptors (Lipinski definition) is 5. The van der Waals surface area contributed by atoms with Gasteiger partial charge in [-0.25, -0.2) is 4.98 Å². The number of nitrogens with one attached hydrogen (secondary N) is 1. The van der Waals surface area contributed by atoms with Gasteiger partial charge in [0.2, 0.25) is 0 Å². The first-order valence-corrected chi connectivity index (χ1v) is 14.1. The van der Waals surface area contributed by atoms with Crippen molar-refractivity contribution in [2.45, 2.75) is 44.9 Å². The molecule has 0 radical (unpaired) electrons. The summed E-state index contributed by atoms with van der Waals surface area (Å²) < 4.78 is 7.87. The fourth-order valence-corrected chi connectivity index (χ4v) is 5.32. The van der Waals surface area contributed by atoms with E-state index in [-0.39, 0.29) is 24.0 Å². The first-order valence-electron chi connectivity index (χ1n) is 12.9. The quantitative estimate of drug-likeness (QED) is 0.228. The molecule has 3 aromatic carbocycles. The van der Waals surface area contributed by atoms with Crippen LogP contribution in [0.4, 0.5) is 5.69 Å². The highest BCUT2D eigenvalue weighted by atomic mass is 79.9. The third kappa shape index (κ3) is 6.57. The molecule has 0 aliphatic heterocycles. The van der Waals surface area contributed by atoms with Gasteiger partial charge in [0.25, 0.3) is 11.5 Å². The minimum absolute atomic E-state index is 0.181. The molecule has 0 bridgehead atoms. The third-order valence-electron chi connectivity index (χ3n) is 6.78. The fraction of sp³-hybridized carbons (Fsp3) is 0.267. The molecular weight excluding hydrogens is 580 g/mol. The van der Waals surface area contributed by atoms with E-state index in [9.17, 15) is 9.59 Å². The highest BCUT2D eigenvalue weighted by Gasteiger charge is 2.22. The summed E-state index contributed by atoms with van der Waals surface area (Å²) in [4.78, 5) is 30.6. The van der Waals surface area contributed by atoms with Crippen molar-refractivity contribution < 1.29 is 9.53 Å². The fourth-order valence-electron chi connectivity index (χ4n) is 4.72. The van der Waals surface area contributed by atoms with E-state index in [1.54, 1.807) is 30.5 Å². The Morgan fingerprint density at radius 3 is 2.64 bits per heavy atom. The van der Waals surface area contributed by atoms with Crippen molar-refractivity contribution >= 4 is 56.2 Å². The van der Waals surface area contributed by atoms with Crippen LogP contribution in [-0.2, 0) is 4.79 Å². The Morgan fingerprint density at radius 2 is 1.90 bits per heavy atom. The second-order valence-electron chi connectivity index (χ2n) is 9.72. The third-order valence-corrected chi connectivity index (χ3v) is 7.56. The maximum Gasteiger partial charge on any atom is 0.282 e. The zero-order valence-corrected chi connectivity index (χ0v) is 23.8. The molecule has 9 heteroatoms. The minimum atomic E-state index is -0.286. The summed E-state index contributed by atoms with van der Waals surface area (Å²) in [6, 6.07) is 18.2.